The van der Waals surface area contributed by atoms with Crippen molar-refractivity contribution in [3.63, 3.8) is 0 Å². The van der Waals surface area contributed by atoms with Crippen LogP contribution in [0.5, 0.6) is 5.75 Å². The summed E-state index contributed by atoms with van der Waals surface area (Å²) in [5.74, 6) is 1.19. The Hall–Kier alpha value is -3.91. The van der Waals surface area contributed by atoms with Crippen molar-refractivity contribution in [2.24, 2.45) is 4.99 Å². The number of esters is 1. The average Bonchev–Trinajstić information content (AvgIpc) is 3.38. The lowest BCUT2D eigenvalue weighted by molar-refractivity contribution is 0.0601. The smallest absolute Gasteiger partial charge is 0.337 e. The van der Waals surface area contributed by atoms with Crippen molar-refractivity contribution >= 4 is 40.0 Å². The van der Waals surface area contributed by atoms with E-state index in [9.17, 15) is 4.79 Å². The van der Waals surface area contributed by atoms with Gasteiger partial charge in [0.05, 0.1) is 43.0 Å². The van der Waals surface area contributed by atoms with Crippen molar-refractivity contribution < 1.29 is 14.3 Å². The molecule has 0 atom stereocenters. The van der Waals surface area contributed by atoms with Gasteiger partial charge in [-0.3, -0.25) is 4.40 Å². The molecule has 0 saturated heterocycles. The van der Waals surface area contributed by atoms with Crippen LogP contribution in [0, 0.1) is 0 Å². The third-order valence-corrected chi connectivity index (χ3v) is 5.94. The molecular weight excluding hydrogens is 424 g/mol. The Morgan fingerprint density at radius 3 is 2.50 bits per heavy atom. The number of hydrogen-bond donors (Lipinski definition) is 0. The predicted molar refractivity (Wildman–Crippen MR) is 124 cm³/mol. The number of nitrogens with zero attached hydrogens (tertiary/aromatic N) is 4. The lowest BCUT2D eigenvalue weighted by Crippen LogP contribution is -2.06. The van der Waals surface area contributed by atoms with E-state index >= 15 is 0 Å². The van der Waals surface area contributed by atoms with Crippen LogP contribution in [0.4, 0.5) is 5.69 Å². The van der Waals surface area contributed by atoms with Gasteiger partial charge in [0.15, 0.2) is 0 Å². The Morgan fingerprint density at radius 2 is 1.78 bits per heavy atom. The van der Waals surface area contributed by atoms with E-state index in [1.165, 1.54) is 18.6 Å². The maximum Gasteiger partial charge on any atom is 0.337 e. The number of benzene rings is 3. The highest BCUT2D eigenvalue weighted by molar-refractivity contribution is 7.03. The first kappa shape index (κ1) is 20.0. The first-order valence-corrected chi connectivity index (χ1v) is 10.8. The van der Waals surface area contributed by atoms with Crippen LogP contribution in [0.3, 0.4) is 0 Å². The fraction of sp³-hybridized carbons (Fsp3) is 0.125. The zero-order chi connectivity index (χ0) is 22.1. The lowest BCUT2D eigenvalue weighted by Gasteiger charge is -2.07. The number of carbonyl (C=O) groups excluding carboxylic acids is 1. The summed E-state index contributed by atoms with van der Waals surface area (Å²) in [6.45, 7) is 0.614. The fourth-order valence-corrected chi connectivity index (χ4v) is 4.42. The summed E-state index contributed by atoms with van der Waals surface area (Å²) in [5, 5.41) is 0. The van der Waals surface area contributed by atoms with E-state index in [2.05, 4.69) is 4.57 Å². The minimum Gasteiger partial charge on any atom is -0.497 e. The van der Waals surface area contributed by atoms with Gasteiger partial charge in [0.1, 0.15) is 5.75 Å². The Bertz CT molecular complexity index is 1480. The van der Waals surface area contributed by atoms with Gasteiger partial charge in [-0.25, -0.2) is 9.79 Å². The van der Waals surface area contributed by atoms with Crippen LogP contribution in [0.15, 0.2) is 77.8 Å². The molecule has 0 aliphatic rings. The van der Waals surface area contributed by atoms with Gasteiger partial charge in [-0.2, -0.15) is 4.37 Å². The molecule has 0 radical (unpaired) electrons. The summed E-state index contributed by atoms with van der Waals surface area (Å²) in [5.41, 5.74) is 4.23. The van der Waals surface area contributed by atoms with Crippen LogP contribution in [0.25, 0.3) is 16.8 Å². The maximum atomic E-state index is 12.2. The van der Waals surface area contributed by atoms with Crippen molar-refractivity contribution in [3.8, 4) is 5.75 Å². The zero-order valence-electron chi connectivity index (χ0n) is 17.6. The molecule has 160 valence electrons. The molecule has 0 bridgehead atoms. The van der Waals surface area contributed by atoms with E-state index in [4.69, 9.17) is 18.8 Å². The SMILES string of the molecule is COC(=O)c1ccc2c(c1)n1c(=Nc3ccccc3)snc1n2Cc1ccc(OC)cc1. The maximum absolute atomic E-state index is 12.2. The summed E-state index contributed by atoms with van der Waals surface area (Å²) in [7, 11) is 3.03. The number of ether oxygens (including phenoxy) is 2. The normalized spacial score (nSPS) is 11.9. The molecule has 3 aromatic carbocycles. The summed E-state index contributed by atoms with van der Waals surface area (Å²) < 4.78 is 19.0. The number of carbonyl (C=O) groups is 1. The quantitative estimate of drug-likeness (QED) is 0.376. The van der Waals surface area contributed by atoms with Crippen molar-refractivity contribution in [3.05, 3.63) is 88.7 Å². The highest BCUT2D eigenvalue weighted by atomic mass is 32.1. The largest absolute Gasteiger partial charge is 0.497 e. The number of para-hydroxylation sites is 1. The molecule has 32 heavy (non-hydrogen) atoms. The molecule has 0 saturated carbocycles. The number of fused-ring (bicyclic) bond motifs is 3. The molecule has 0 aliphatic heterocycles. The number of methoxy groups -OCH3 is 2. The third kappa shape index (κ3) is 3.54. The standard InChI is InChI=1S/C24H20N4O3S/c1-30-19-11-8-16(9-12-19)15-27-20-13-10-17(22(29)31-2)14-21(20)28-23(27)26-32-24(28)25-18-6-4-3-5-7-18/h3-14H,15H2,1-2H3. The minimum atomic E-state index is -0.381. The average molecular weight is 445 g/mol. The molecule has 0 fully saturated rings. The van der Waals surface area contributed by atoms with Crippen LogP contribution in [-0.2, 0) is 11.3 Å². The third-order valence-electron chi connectivity index (χ3n) is 5.25. The number of hydrogen-bond acceptors (Lipinski definition) is 6. The number of imidazole rings is 1. The van der Waals surface area contributed by atoms with E-state index < -0.39 is 0 Å². The van der Waals surface area contributed by atoms with Crippen LogP contribution in [0.2, 0.25) is 0 Å². The molecule has 0 amide bonds. The molecule has 2 heterocycles. The molecule has 0 spiro atoms. The van der Waals surface area contributed by atoms with Gasteiger partial charge in [0, 0.05) is 11.5 Å². The fourth-order valence-electron chi connectivity index (χ4n) is 3.67. The number of rotatable bonds is 5. The molecule has 5 rings (SSSR count). The van der Waals surface area contributed by atoms with Crippen molar-refractivity contribution in [2.45, 2.75) is 6.54 Å². The summed E-state index contributed by atoms with van der Waals surface area (Å²) in [6.07, 6.45) is 0. The second kappa shape index (κ2) is 8.32. The zero-order valence-corrected chi connectivity index (χ0v) is 18.4. The second-order valence-corrected chi connectivity index (χ2v) is 7.91. The van der Waals surface area contributed by atoms with E-state index in [1.54, 1.807) is 13.2 Å². The van der Waals surface area contributed by atoms with Crippen molar-refractivity contribution in [1.82, 2.24) is 13.3 Å². The Labute approximate surface area is 188 Å². The molecular formula is C24H20N4O3S. The first-order valence-electron chi connectivity index (χ1n) is 9.99. The van der Waals surface area contributed by atoms with Crippen molar-refractivity contribution in [2.75, 3.05) is 14.2 Å². The minimum absolute atomic E-state index is 0.381. The van der Waals surface area contributed by atoms with Gasteiger partial charge in [-0.05, 0) is 48.0 Å². The van der Waals surface area contributed by atoms with Gasteiger partial charge in [0.25, 0.3) is 0 Å². The lowest BCUT2D eigenvalue weighted by atomic mass is 10.2. The Balaban J connectivity index is 1.73. The van der Waals surface area contributed by atoms with Gasteiger partial charge < -0.3 is 14.0 Å². The Morgan fingerprint density at radius 1 is 1.00 bits per heavy atom. The summed E-state index contributed by atoms with van der Waals surface area (Å²) >= 11 is 1.32. The molecule has 0 unspecified atom stereocenters. The second-order valence-electron chi connectivity index (χ2n) is 7.18. The van der Waals surface area contributed by atoms with E-state index in [1.807, 2.05) is 71.1 Å². The van der Waals surface area contributed by atoms with Gasteiger partial charge in [-0.15, -0.1) is 0 Å². The molecule has 0 aliphatic carbocycles. The van der Waals surface area contributed by atoms with Crippen LogP contribution in [0.1, 0.15) is 15.9 Å². The van der Waals surface area contributed by atoms with Gasteiger partial charge in [-0.1, -0.05) is 30.3 Å². The number of aromatic nitrogens is 3. The van der Waals surface area contributed by atoms with Crippen LogP contribution >= 0.6 is 11.5 Å². The van der Waals surface area contributed by atoms with E-state index in [-0.39, 0.29) is 5.97 Å². The molecule has 5 aromatic rings. The van der Waals surface area contributed by atoms with E-state index in [0.29, 0.717) is 12.1 Å². The summed E-state index contributed by atoms with van der Waals surface area (Å²) in [4.78, 5) is 17.7. The molecule has 2 aromatic heterocycles. The summed E-state index contributed by atoms with van der Waals surface area (Å²) in [6, 6.07) is 23.2. The topological polar surface area (TPSA) is 70.1 Å². The first-order chi connectivity index (χ1) is 15.7. The monoisotopic (exact) mass is 444 g/mol. The van der Waals surface area contributed by atoms with Crippen molar-refractivity contribution in [1.29, 1.82) is 0 Å². The highest BCUT2D eigenvalue weighted by Gasteiger charge is 2.17. The predicted octanol–water partition coefficient (Wildman–Crippen LogP) is 4.43. The van der Waals surface area contributed by atoms with Crippen LogP contribution in [-0.4, -0.2) is 33.5 Å². The molecule has 0 N–H and O–H groups in total. The molecule has 7 nitrogen and oxygen atoms in total. The Kier molecular flexibility index (Phi) is 5.20. The van der Waals surface area contributed by atoms with Gasteiger partial charge >= 0.3 is 5.97 Å². The highest BCUT2D eigenvalue weighted by Crippen LogP contribution is 2.24. The van der Waals surface area contributed by atoms with Gasteiger partial charge in [0.2, 0.25) is 10.6 Å². The molecule has 8 heteroatoms. The van der Waals surface area contributed by atoms with E-state index in [0.717, 1.165) is 38.6 Å². The van der Waals surface area contributed by atoms with Crippen LogP contribution < -0.4 is 9.54 Å².